The monoisotopic (exact) mass is 200 g/mol. The number of nitrogens with one attached hydrogen (secondary N) is 2. The molecule has 1 aromatic rings. The zero-order chi connectivity index (χ0) is 9.68. The molecule has 4 nitrogen and oxygen atoms in total. The van der Waals surface area contributed by atoms with E-state index in [1.165, 1.54) is 11.3 Å². The van der Waals surface area contributed by atoms with Crippen molar-refractivity contribution in [3.8, 4) is 0 Å². The number of urea groups is 1. The number of aliphatic hydroxyl groups excluding tert-OH is 1. The van der Waals surface area contributed by atoms with Gasteiger partial charge in [-0.3, -0.25) is 5.32 Å². The van der Waals surface area contributed by atoms with Crippen molar-refractivity contribution in [3.63, 3.8) is 0 Å². The lowest BCUT2D eigenvalue weighted by atomic mass is 10.4. The molecule has 1 unspecified atom stereocenters. The van der Waals surface area contributed by atoms with E-state index < -0.39 is 6.10 Å². The van der Waals surface area contributed by atoms with E-state index in [0.717, 1.165) is 5.00 Å². The van der Waals surface area contributed by atoms with E-state index in [2.05, 4.69) is 10.6 Å². The SMILES string of the molecule is CC(O)CNC(=O)Nc1cccs1. The summed E-state index contributed by atoms with van der Waals surface area (Å²) in [6.07, 6.45) is -0.519. The second-order valence-electron chi connectivity index (χ2n) is 2.66. The molecule has 0 spiro atoms. The molecule has 0 aliphatic rings. The third kappa shape index (κ3) is 3.91. The van der Waals surface area contributed by atoms with Crippen molar-refractivity contribution in [1.29, 1.82) is 0 Å². The Morgan fingerprint density at radius 2 is 2.54 bits per heavy atom. The summed E-state index contributed by atoms with van der Waals surface area (Å²) in [4.78, 5) is 11.1. The van der Waals surface area contributed by atoms with Crippen LogP contribution in [0.4, 0.5) is 9.80 Å². The smallest absolute Gasteiger partial charge is 0.319 e. The van der Waals surface area contributed by atoms with E-state index in [4.69, 9.17) is 5.11 Å². The molecule has 0 aliphatic heterocycles. The van der Waals surface area contributed by atoms with Gasteiger partial charge in [0.05, 0.1) is 11.1 Å². The average molecular weight is 200 g/mol. The number of rotatable bonds is 3. The van der Waals surface area contributed by atoms with Crippen LogP contribution in [0.5, 0.6) is 0 Å². The van der Waals surface area contributed by atoms with Gasteiger partial charge in [0.2, 0.25) is 0 Å². The van der Waals surface area contributed by atoms with E-state index in [1.54, 1.807) is 6.92 Å². The first kappa shape index (κ1) is 10.0. The van der Waals surface area contributed by atoms with Crippen molar-refractivity contribution in [2.75, 3.05) is 11.9 Å². The molecule has 13 heavy (non-hydrogen) atoms. The fourth-order valence-electron chi connectivity index (χ4n) is 0.746. The molecule has 3 N–H and O–H groups in total. The first-order chi connectivity index (χ1) is 6.18. The van der Waals surface area contributed by atoms with E-state index in [9.17, 15) is 4.79 Å². The summed E-state index contributed by atoms with van der Waals surface area (Å²) in [6.45, 7) is 1.88. The molecular weight excluding hydrogens is 188 g/mol. The van der Waals surface area contributed by atoms with Crippen LogP contribution in [0.1, 0.15) is 6.92 Å². The lowest BCUT2D eigenvalue weighted by Gasteiger charge is -2.06. The number of hydrogen-bond acceptors (Lipinski definition) is 3. The summed E-state index contributed by atoms with van der Waals surface area (Å²) < 4.78 is 0. The highest BCUT2D eigenvalue weighted by atomic mass is 32.1. The maximum Gasteiger partial charge on any atom is 0.319 e. The van der Waals surface area contributed by atoms with Gasteiger partial charge in [-0.2, -0.15) is 0 Å². The minimum atomic E-state index is -0.519. The van der Waals surface area contributed by atoms with E-state index >= 15 is 0 Å². The molecule has 1 atom stereocenters. The number of hydrogen-bond donors (Lipinski definition) is 3. The molecule has 0 saturated heterocycles. The third-order valence-electron chi connectivity index (χ3n) is 1.32. The summed E-state index contributed by atoms with van der Waals surface area (Å²) in [5, 5.41) is 16.7. The largest absolute Gasteiger partial charge is 0.392 e. The van der Waals surface area contributed by atoms with Crippen LogP contribution in [-0.4, -0.2) is 23.8 Å². The molecule has 0 saturated carbocycles. The Hall–Kier alpha value is -1.07. The predicted molar refractivity (Wildman–Crippen MR) is 53.0 cm³/mol. The Bertz CT molecular complexity index is 259. The molecule has 0 radical (unpaired) electrons. The molecular formula is C8H12N2O2S. The number of aliphatic hydroxyl groups is 1. The van der Waals surface area contributed by atoms with Gasteiger partial charge in [-0.05, 0) is 24.4 Å². The first-order valence-electron chi connectivity index (χ1n) is 3.95. The van der Waals surface area contributed by atoms with Crippen molar-refractivity contribution in [1.82, 2.24) is 5.32 Å². The Kier molecular flexibility index (Phi) is 3.72. The summed E-state index contributed by atoms with van der Waals surface area (Å²) in [5.41, 5.74) is 0. The van der Waals surface area contributed by atoms with Gasteiger partial charge in [0, 0.05) is 6.54 Å². The van der Waals surface area contributed by atoms with Gasteiger partial charge in [0.1, 0.15) is 0 Å². The van der Waals surface area contributed by atoms with E-state index in [0.29, 0.717) is 0 Å². The molecule has 1 aromatic heterocycles. The van der Waals surface area contributed by atoms with E-state index in [1.807, 2.05) is 17.5 Å². The topological polar surface area (TPSA) is 61.4 Å². The molecule has 1 rings (SSSR count). The molecule has 0 aliphatic carbocycles. The summed E-state index contributed by atoms with van der Waals surface area (Å²) in [6, 6.07) is 3.38. The van der Waals surface area contributed by atoms with E-state index in [-0.39, 0.29) is 12.6 Å². The molecule has 0 bridgehead atoms. The van der Waals surface area contributed by atoms with Gasteiger partial charge in [-0.15, -0.1) is 11.3 Å². The number of carbonyl (C=O) groups excluding carboxylic acids is 1. The van der Waals surface area contributed by atoms with Crippen LogP contribution in [0.15, 0.2) is 17.5 Å². The second kappa shape index (κ2) is 4.84. The van der Waals surface area contributed by atoms with Crippen LogP contribution in [0.3, 0.4) is 0 Å². The predicted octanol–water partition coefficient (Wildman–Crippen LogP) is 1.25. The Morgan fingerprint density at radius 1 is 1.77 bits per heavy atom. The van der Waals surface area contributed by atoms with Crippen LogP contribution < -0.4 is 10.6 Å². The Labute approximate surface area is 80.6 Å². The number of amides is 2. The zero-order valence-electron chi connectivity index (χ0n) is 7.28. The minimum Gasteiger partial charge on any atom is -0.392 e. The maximum absolute atomic E-state index is 11.1. The lowest BCUT2D eigenvalue weighted by molar-refractivity contribution is 0.190. The number of anilines is 1. The lowest BCUT2D eigenvalue weighted by Crippen LogP contribution is -2.33. The maximum atomic E-state index is 11.1. The second-order valence-corrected chi connectivity index (χ2v) is 3.61. The quantitative estimate of drug-likeness (QED) is 0.687. The van der Waals surface area contributed by atoms with Crippen molar-refractivity contribution >= 4 is 22.4 Å². The first-order valence-corrected chi connectivity index (χ1v) is 4.83. The standard InChI is InChI=1S/C8H12N2O2S/c1-6(11)5-9-8(12)10-7-3-2-4-13-7/h2-4,6,11H,5H2,1H3,(H2,9,10,12). The van der Waals surface area contributed by atoms with Crippen molar-refractivity contribution < 1.29 is 9.90 Å². The fraction of sp³-hybridized carbons (Fsp3) is 0.375. The summed E-state index contributed by atoms with van der Waals surface area (Å²) in [7, 11) is 0. The molecule has 5 heteroatoms. The van der Waals surface area contributed by atoms with Crippen molar-refractivity contribution in [2.24, 2.45) is 0 Å². The van der Waals surface area contributed by atoms with Crippen molar-refractivity contribution in [3.05, 3.63) is 17.5 Å². The molecule has 2 amide bonds. The van der Waals surface area contributed by atoms with Crippen LogP contribution in [0, 0.1) is 0 Å². The van der Waals surface area contributed by atoms with Gasteiger partial charge >= 0.3 is 6.03 Å². The van der Waals surface area contributed by atoms with Crippen LogP contribution >= 0.6 is 11.3 Å². The highest BCUT2D eigenvalue weighted by molar-refractivity contribution is 7.14. The van der Waals surface area contributed by atoms with Crippen LogP contribution in [0.25, 0.3) is 0 Å². The van der Waals surface area contributed by atoms with Gasteiger partial charge in [-0.25, -0.2) is 4.79 Å². The summed E-state index contributed by atoms with van der Waals surface area (Å²) >= 11 is 1.45. The van der Waals surface area contributed by atoms with Crippen LogP contribution in [0.2, 0.25) is 0 Å². The average Bonchev–Trinajstić information content (AvgIpc) is 2.53. The molecule has 72 valence electrons. The number of thiophene rings is 1. The molecule has 0 fully saturated rings. The Morgan fingerprint density at radius 3 is 3.08 bits per heavy atom. The fourth-order valence-corrected chi connectivity index (χ4v) is 1.36. The third-order valence-corrected chi connectivity index (χ3v) is 2.10. The molecule has 0 aromatic carbocycles. The zero-order valence-corrected chi connectivity index (χ0v) is 8.10. The van der Waals surface area contributed by atoms with Crippen LogP contribution in [-0.2, 0) is 0 Å². The van der Waals surface area contributed by atoms with Gasteiger partial charge in [0.15, 0.2) is 0 Å². The highest BCUT2D eigenvalue weighted by Gasteiger charge is 2.02. The highest BCUT2D eigenvalue weighted by Crippen LogP contribution is 2.14. The number of carbonyl (C=O) groups is 1. The Balaban J connectivity index is 2.26. The van der Waals surface area contributed by atoms with Crippen molar-refractivity contribution in [2.45, 2.75) is 13.0 Å². The molecule has 1 heterocycles. The minimum absolute atomic E-state index is 0.261. The summed E-state index contributed by atoms with van der Waals surface area (Å²) in [5.74, 6) is 0. The van der Waals surface area contributed by atoms with Gasteiger partial charge in [0.25, 0.3) is 0 Å². The normalized spacial score (nSPS) is 12.2. The van der Waals surface area contributed by atoms with Gasteiger partial charge in [-0.1, -0.05) is 0 Å². The van der Waals surface area contributed by atoms with Gasteiger partial charge < -0.3 is 10.4 Å².